The highest BCUT2D eigenvalue weighted by Gasteiger charge is 2.38. The van der Waals surface area contributed by atoms with E-state index in [1.54, 1.807) is 18.2 Å². The molecule has 2 N–H and O–H groups in total. The maximum absolute atomic E-state index is 15.1. The van der Waals surface area contributed by atoms with Gasteiger partial charge in [-0.05, 0) is 42.5 Å². The largest absolute Gasteiger partial charge is 0.486 e. The number of hydrogen-bond acceptors (Lipinski definition) is 12. The summed E-state index contributed by atoms with van der Waals surface area (Å²) in [6, 6.07) is 14.9. The highest BCUT2D eigenvalue weighted by Crippen LogP contribution is 2.29. The zero-order valence-corrected chi connectivity index (χ0v) is 25.5. The second kappa shape index (κ2) is 13.3. The van der Waals surface area contributed by atoms with Gasteiger partial charge in [0.2, 0.25) is 11.9 Å². The summed E-state index contributed by atoms with van der Waals surface area (Å²) in [5, 5.41) is 15.5. The van der Waals surface area contributed by atoms with Gasteiger partial charge in [0.1, 0.15) is 36.9 Å². The van der Waals surface area contributed by atoms with Crippen molar-refractivity contribution >= 4 is 29.3 Å². The van der Waals surface area contributed by atoms with E-state index in [-0.39, 0.29) is 37.4 Å². The number of nitriles is 1. The van der Waals surface area contributed by atoms with E-state index in [0.29, 0.717) is 23.4 Å². The molecular weight excluding hydrogens is 609 g/mol. The molecule has 244 valence electrons. The monoisotopic (exact) mass is 643 g/mol. The number of ether oxygens (including phenoxy) is 3. The van der Waals surface area contributed by atoms with Gasteiger partial charge in [0.25, 0.3) is 0 Å². The number of amides is 2. The second-order valence-electron chi connectivity index (χ2n) is 11.9. The first-order chi connectivity index (χ1) is 22.9. The third-order valence-electron chi connectivity index (χ3n) is 8.91. The minimum atomic E-state index is -1.49. The van der Waals surface area contributed by atoms with E-state index in [2.05, 4.69) is 53.6 Å². The number of anilines is 3. The van der Waals surface area contributed by atoms with Crippen LogP contribution in [-0.4, -0.2) is 120 Å². The van der Waals surface area contributed by atoms with E-state index < -0.39 is 30.3 Å². The van der Waals surface area contributed by atoms with Crippen LogP contribution in [0.5, 0.6) is 5.75 Å². The Morgan fingerprint density at radius 2 is 1.87 bits per heavy atom. The minimum Gasteiger partial charge on any atom is -0.486 e. The maximum Gasteiger partial charge on any atom is 0.407 e. The standard InChI is InChI=1S/C32H34FN9O5/c33-25-15-42(30(43)26-18-46-32(44)38-26)8-7-28(25)47-27-6-1-20(13-21(27)14-34)29-35-19-36-31(39-29)37-22-2-4-23(5-3-22)40-9-11-41(12-10-40)24-16-45-17-24/h1-6,13,19,24-26,28H,7-12,15-18H2,(H,38,44)(H,35,36,37,39). The maximum atomic E-state index is 15.1. The Morgan fingerprint density at radius 3 is 2.55 bits per heavy atom. The van der Waals surface area contributed by atoms with Gasteiger partial charge in [-0.1, -0.05) is 0 Å². The predicted octanol–water partition coefficient (Wildman–Crippen LogP) is 2.10. The topological polar surface area (TPSA) is 158 Å². The average molecular weight is 644 g/mol. The number of piperidine rings is 1. The number of carbonyl (C=O) groups is 2. The number of nitrogens with one attached hydrogen (secondary N) is 2. The van der Waals surface area contributed by atoms with Crippen LogP contribution in [0, 0.1) is 11.3 Å². The van der Waals surface area contributed by atoms with E-state index in [9.17, 15) is 14.9 Å². The van der Waals surface area contributed by atoms with Crippen LogP contribution >= 0.6 is 0 Å². The summed E-state index contributed by atoms with van der Waals surface area (Å²) in [6.45, 7) is 5.66. The van der Waals surface area contributed by atoms with Crippen molar-refractivity contribution < 1.29 is 28.2 Å². The summed E-state index contributed by atoms with van der Waals surface area (Å²) >= 11 is 0. The first-order valence-corrected chi connectivity index (χ1v) is 15.6. The minimum absolute atomic E-state index is 0.0791. The highest BCUT2D eigenvalue weighted by atomic mass is 19.1. The van der Waals surface area contributed by atoms with Crippen LogP contribution in [0.3, 0.4) is 0 Å². The quantitative estimate of drug-likeness (QED) is 0.369. The number of halogens is 1. The summed E-state index contributed by atoms with van der Waals surface area (Å²) < 4.78 is 31.2. The van der Waals surface area contributed by atoms with Crippen molar-refractivity contribution in [2.45, 2.75) is 30.8 Å². The third kappa shape index (κ3) is 6.74. The fourth-order valence-corrected chi connectivity index (χ4v) is 6.14. The first-order valence-electron chi connectivity index (χ1n) is 15.6. The molecule has 0 saturated carbocycles. The van der Waals surface area contributed by atoms with Gasteiger partial charge in [0, 0.05) is 56.1 Å². The lowest BCUT2D eigenvalue weighted by Gasteiger charge is -2.43. The highest BCUT2D eigenvalue weighted by molar-refractivity contribution is 5.88. The van der Waals surface area contributed by atoms with E-state index >= 15 is 4.39 Å². The van der Waals surface area contributed by atoms with Crippen molar-refractivity contribution in [3.8, 4) is 23.2 Å². The molecule has 2 amide bonds. The number of hydrogen-bond donors (Lipinski definition) is 2. The Bertz CT molecular complexity index is 1660. The Morgan fingerprint density at radius 1 is 1.06 bits per heavy atom. The number of carbonyl (C=O) groups excluding carboxylic acids is 2. The Labute approximate surface area is 270 Å². The number of alkyl halides is 1. The molecule has 0 spiro atoms. The number of aromatic nitrogens is 3. The number of piperazine rings is 1. The van der Waals surface area contributed by atoms with Gasteiger partial charge in [0.05, 0.1) is 31.4 Å². The van der Waals surface area contributed by atoms with Crippen LogP contribution < -0.4 is 20.3 Å². The smallest absolute Gasteiger partial charge is 0.407 e. The Balaban J connectivity index is 0.956. The molecule has 3 aromatic rings. The number of benzene rings is 2. The average Bonchev–Trinajstić information content (AvgIpc) is 3.51. The van der Waals surface area contributed by atoms with Gasteiger partial charge in [-0.15, -0.1) is 0 Å². The van der Waals surface area contributed by atoms with Gasteiger partial charge in [-0.25, -0.2) is 19.2 Å². The van der Waals surface area contributed by atoms with Crippen LogP contribution in [0.4, 0.5) is 26.5 Å². The molecule has 4 saturated heterocycles. The molecule has 4 aliphatic heterocycles. The SMILES string of the molecule is N#Cc1cc(-c2ncnc(Nc3ccc(N4CCN(C5COC5)CC4)cc3)n2)ccc1OC1CCN(C(=O)C2COC(=O)N2)CC1F. The van der Waals surface area contributed by atoms with E-state index in [1.807, 2.05) is 12.1 Å². The van der Waals surface area contributed by atoms with Crippen LogP contribution in [0.25, 0.3) is 11.4 Å². The van der Waals surface area contributed by atoms with E-state index in [0.717, 1.165) is 50.8 Å². The molecule has 0 aliphatic carbocycles. The summed E-state index contributed by atoms with van der Waals surface area (Å²) in [6.07, 6.45) is -1.38. The van der Waals surface area contributed by atoms with Crippen LogP contribution in [-0.2, 0) is 14.3 Å². The number of rotatable bonds is 8. The van der Waals surface area contributed by atoms with Gasteiger partial charge < -0.3 is 34.6 Å². The lowest BCUT2D eigenvalue weighted by Crippen LogP contribution is -2.56. The van der Waals surface area contributed by atoms with Crippen LogP contribution in [0.15, 0.2) is 48.8 Å². The number of cyclic esters (lactones) is 1. The molecule has 47 heavy (non-hydrogen) atoms. The van der Waals surface area contributed by atoms with E-state index in [1.165, 1.54) is 11.2 Å². The predicted molar refractivity (Wildman–Crippen MR) is 167 cm³/mol. The zero-order chi connectivity index (χ0) is 32.3. The van der Waals surface area contributed by atoms with E-state index in [4.69, 9.17) is 14.2 Å². The molecule has 4 fully saturated rings. The normalized spacial score (nSPS) is 23.3. The first kappa shape index (κ1) is 30.6. The Kier molecular flexibility index (Phi) is 8.68. The second-order valence-corrected chi connectivity index (χ2v) is 11.9. The van der Waals surface area contributed by atoms with Crippen molar-refractivity contribution in [3.05, 3.63) is 54.4 Å². The molecule has 3 unspecified atom stereocenters. The molecule has 0 bridgehead atoms. The summed E-state index contributed by atoms with van der Waals surface area (Å²) in [5.41, 5.74) is 2.76. The Hall–Kier alpha value is -5.07. The lowest BCUT2D eigenvalue weighted by atomic mass is 10.0. The van der Waals surface area contributed by atoms with Gasteiger partial charge >= 0.3 is 6.09 Å². The van der Waals surface area contributed by atoms with Crippen LogP contribution in [0.1, 0.15) is 12.0 Å². The lowest BCUT2D eigenvalue weighted by molar-refractivity contribution is -0.137. The number of likely N-dealkylation sites (tertiary alicyclic amines) is 1. The van der Waals surface area contributed by atoms with Gasteiger partial charge in [-0.2, -0.15) is 10.2 Å². The molecule has 1 aromatic heterocycles. The van der Waals surface area contributed by atoms with Gasteiger partial charge in [0.15, 0.2) is 12.0 Å². The van der Waals surface area contributed by atoms with Crippen molar-refractivity contribution in [1.29, 1.82) is 5.26 Å². The molecule has 4 aliphatic rings. The molecule has 14 nitrogen and oxygen atoms in total. The summed E-state index contributed by atoms with van der Waals surface area (Å²) in [5.74, 6) is 0.538. The van der Waals surface area contributed by atoms with Crippen molar-refractivity contribution in [2.75, 3.05) is 69.3 Å². The third-order valence-corrected chi connectivity index (χ3v) is 8.91. The molecule has 3 atom stereocenters. The van der Waals surface area contributed by atoms with Crippen LogP contribution in [0.2, 0.25) is 0 Å². The molecule has 5 heterocycles. The molecule has 7 rings (SSSR count). The fourth-order valence-electron chi connectivity index (χ4n) is 6.14. The fraction of sp³-hybridized carbons (Fsp3) is 0.438. The van der Waals surface area contributed by atoms with Crippen molar-refractivity contribution in [1.82, 2.24) is 30.1 Å². The summed E-state index contributed by atoms with van der Waals surface area (Å²) in [4.78, 5) is 43.2. The van der Waals surface area contributed by atoms with Gasteiger partial charge in [-0.3, -0.25) is 9.69 Å². The molecular formula is C32H34FN9O5. The molecule has 2 aromatic carbocycles. The number of alkyl carbamates (subject to hydrolysis) is 1. The zero-order valence-electron chi connectivity index (χ0n) is 25.5. The molecule has 0 radical (unpaired) electrons. The number of nitrogens with zero attached hydrogens (tertiary/aromatic N) is 7. The van der Waals surface area contributed by atoms with Crippen molar-refractivity contribution in [3.63, 3.8) is 0 Å². The van der Waals surface area contributed by atoms with Crippen molar-refractivity contribution in [2.24, 2.45) is 0 Å². The molecule has 15 heteroatoms. The summed E-state index contributed by atoms with van der Waals surface area (Å²) in [7, 11) is 0.